The SMILES string of the molecule is Cc1ccccc1OCCn1cccc1. The maximum atomic E-state index is 5.69. The van der Waals surface area contributed by atoms with Gasteiger partial charge in [0.05, 0.1) is 6.54 Å². The minimum Gasteiger partial charge on any atom is -0.491 e. The Kier molecular flexibility index (Phi) is 3.08. The Balaban J connectivity index is 1.86. The van der Waals surface area contributed by atoms with E-state index >= 15 is 0 Å². The topological polar surface area (TPSA) is 14.2 Å². The van der Waals surface area contributed by atoms with Crippen LogP contribution < -0.4 is 4.74 Å². The van der Waals surface area contributed by atoms with Crippen LogP contribution in [-0.2, 0) is 6.54 Å². The Morgan fingerprint density at radius 2 is 1.80 bits per heavy atom. The molecule has 0 unspecified atom stereocenters. The normalized spacial score (nSPS) is 10.2. The van der Waals surface area contributed by atoms with Crippen molar-refractivity contribution in [3.8, 4) is 5.75 Å². The maximum absolute atomic E-state index is 5.69. The molecule has 15 heavy (non-hydrogen) atoms. The summed E-state index contributed by atoms with van der Waals surface area (Å²) >= 11 is 0. The van der Waals surface area contributed by atoms with Crippen molar-refractivity contribution in [2.24, 2.45) is 0 Å². The minimum absolute atomic E-state index is 0.708. The van der Waals surface area contributed by atoms with Gasteiger partial charge in [0.25, 0.3) is 0 Å². The standard InChI is InChI=1S/C13H15NO/c1-12-6-2-3-7-13(12)15-11-10-14-8-4-5-9-14/h2-9H,10-11H2,1H3. The molecular weight excluding hydrogens is 186 g/mol. The second kappa shape index (κ2) is 4.69. The molecule has 0 aliphatic carbocycles. The van der Waals surface area contributed by atoms with Crippen molar-refractivity contribution in [3.05, 3.63) is 54.4 Å². The molecule has 0 spiro atoms. The number of aromatic nitrogens is 1. The summed E-state index contributed by atoms with van der Waals surface area (Å²) in [4.78, 5) is 0. The number of hydrogen-bond acceptors (Lipinski definition) is 1. The fraction of sp³-hybridized carbons (Fsp3) is 0.231. The number of benzene rings is 1. The van der Waals surface area contributed by atoms with Crippen molar-refractivity contribution < 1.29 is 4.74 Å². The molecule has 2 rings (SSSR count). The predicted molar refractivity (Wildman–Crippen MR) is 61.1 cm³/mol. The van der Waals surface area contributed by atoms with Gasteiger partial charge in [-0.1, -0.05) is 18.2 Å². The average molecular weight is 201 g/mol. The van der Waals surface area contributed by atoms with Gasteiger partial charge in [-0.25, -0.2) is 0 Å². The van der Waals surface area contributed by atoms with Crippen LogP contribution in [0.5, 0.6) is 5.75 Å². The number of nitrogens with zero attached hydrogens (tertiary/aromatic N) is 1. The van der Waals surface area contributed by atoms with Crippen molar-refractivity contribution in [1.82, 2.24) is 4.57 Å². The van der Waals surface area contributed by atoms with Crippen LogP contribution in [0.15, 0.2) is 48.8 Å². The lowest BCUT2D eigenvalue weighted by Crippen LogP contribution is -2.06. The molecule has 0 saturated heterocycles. The van der Waals surface area contributed by atoms with Crippen LogP contribution in [0.3, 0.4) is 0 Å². The molecule has 0 aliphatic heterocycles. The molecule has 0 aliphatic rings. The summed E-state index contributed by atoms with van der Waals surface area (Å²) in [7, 11) is 0. The Bertz CT molecular complexity index is 406. The van der Waals surface area contributed by atoms with Gasteiger partial charge in [-0.05, 0) is 30.7 Å². The van der Waals surface area contributed by atoms with Crippen LogP contribution in [0.25, 0.3) is 0 Å². The molecule has 78 valence electrons. The van der Waals surface area contributed by atoms with E-state index in [0.29, 0.717) is 6.61 Å². The number of para-hydroxylation sites is 1. The van der Waals surface area contributed by atoms with Gasteiger partial charge in [-0.2, -0.15) is 0 Å². The largest absolute Gasteiger partial charge is 0.491 e. The zero-order valence-corrected chi connectivity index (χ0v) is 8.89. The third-order valence-corrected chi connectivity index (χ3v) is 2.37. The highest BCUT2D eigenvalue weighted by Gasteiger charge is 1.96. The monoisotopic (exact) mass is 201 g/mol. The van der Waals surface area contributed by atoms with Crippen molar-refractivity contribution in [2.45, 2.75) is 13.5 Å². The number of ether oxygens (including phenoxy) is 1. The molecule has 0 saturated carbocycles. The van der Waals surface area contributed by atoms with Gasteiger partial charge in [-0.3, -0.25) is 0 Å². The van der Waals surface area contributed by atoms with E-state index in [4.69, 9.17) is 4.74 Å². The lowest BCUT2D eigenvalue weighted by molar-refractivity contribution is 0.296. The fourth-order valence-electron chi connectivity index (χ4n) is 1.50. The second-order valence-corrected chi connectivity index (χ2v) is 3.53. The van der Waals surface area contributed by atoms with E-state index in [1.54, 1.807) is 0 Å². The highest BCUT2D eigenvalue weighted by molar-refractivity contribution is 5.31. The maximum Gasteiger partial charge on any atom is 0.122 e. The smallest absolute Gasteiger partial charge is 0.122 e. The molecule has 0 radical (unpaired) electrons. The number of rotatable bonds is 4. The van der Waals surface area contributed by atoms with Crippen LogP contribution in [0, 0.1) is 6.92 Å². The Morgan fingerprint density at radius 3 is 2.53 bits per heavy atom. The second-order valence-electron chi connectivity index (χ2n) is 3.53. The summed E-state index contributed by atoms with van der Waals surface area (Å²) in [6, 6.07) is 12.1. The molecule has 0 bridgehead atoms. The van der Waals surface area contributed by atoms with Crippen LogP contribution in [0.2, 0.25) is 0 Å². The fourth-order valence-corrected chi connectivity index (χ4v) is 1.50. The van der Waals surface area contributed by atoms with Gasteiger partial charge in [0, 0.05) is 12.4 Å². The van der Waals surface area contributed by atoms with Crippen LogP contribution in [0.1, 0.15) is 5.56 Å². The predicted octanol–water partition coefficient (Wildman–Crippen LogP) is 2.88. The van der Waals surface area contributed by atoms with Crippen molar-refractivity contribution in [1.29, 1.82) is 0 Å². The summed E-state index contributed by atoms with van der Waals surface area (Å²) in [5, 5.41) is 0. The quantitative estimate of drug-likeness (QED) is 0.742. The molecule has 1 heterocycles. The summed E-state index contributed by atoms with van der Waals surface area (Å²) < 4.78 is 7.80. The molecule has 0 N–H and O–H groups in total. The molecule has 2 heteroatoms. The first-order valence-corrected chi connectivity index (χ1v) is 5.15. The van der Waals surface area contributed by atoms with Gasteiger partial charge < -0.3 is 9.30 Å². The van der Waals surface area contributed by atoms with Crippen LogP contribution in [-0.4, -0.2) is 11.2 Å². The van der Waals surface area contributed by atoms with E-state index < -0.39 is 0 Å². The third-order valence-electron chi connectivity index (χ3n) is 2.37. The summed E-state index contributed by atoms with van der Waals surface area (Å²) in [5.41, 5.74) is 1.19. The first-order chi connectivity index (χ1) is 7.36. The molecule has 2 aromatic rings. The van der Waals surface area contributed by atoms with Gasteiger partial charge in [0.2, 0.25) is 0 Å². The molecule has 0 fully saturated rings. The average Bonchev–Trinajstić information content (AvgIpc) is 2.74. The van der Waals surface area contributed by atoms with E-state index in [2.05, 4.69) is 17.6 Å². The third kappa shape index (κ3) is 2.62. The van der Waals surface area contributed by atoms with Gasteiger partial charge >= 0.3 is 0 Å². The van der Waals surface area contributed by atoms with Crippen LogP contribution >= 0.6 is 0 Å². The van der Waals surface area contributed by atoms with Crippen molar-refractivity contribution >= 4 is 0 Å². The zero-order valence-electron chi connectivity index (χ0n) is 8.89. The minimum atomic E-state index is 0.708. The summed E-state index contributed by atoms with van der Waals surface area (Å²) in [6.45, 7) is 3.66. The van der Waals surface area contributed by atoms with Gasteiger partial charge in [0.1, 0.15) is 12.4 Å². The lowest BCUT2D eigenvalue weighted by atomic mass is 10.2. The zero-order chi connectivity index (χ0) is 10.5. The van der Waals surface area contributed by atoms with E-state index in [1.807, 2.05) is 42.7 Å². The molecule has 0 atom stereocenters. The Labute approximate surface area is 90.1 Å². The first kappa shape index (κ1) is 9.84. The molecule has 0 amide bonds. The molecule has 1 aromatic carbocycles. The summed E-state index contributed by atoms with van der Waals surface area (Å²) in [6.07, 6.45) is 4.09. The van der Waals surface area contributed by atoms with E-state index in [1.165, 1.54) is 5.56 Å². The number of hydrogen-bond donors (Lipinski definition) is 0. The Hall–Kier alpha value is -1.70. The van der Waals surface area contributed by atoms with Crippen molar-refractivity contribution in [2.75, 3.05) is 6.61 Å². The highest BCUT2D eigenvalue weighted by atomic mass is 16.5. The molecular formula is C13H15NO. The van der Waals surface area contributed by atoms with E-state index in [9.17, 15) is 0 Å². The number of aryl methyl sites for hydroxylation is 1. The lowest BCUT2D eigenvalue weighted by Gasteiger charge is -2.09. The Morgan fingerprint density at radius 1 is 1.07 bits per heavy atom. The van der Waals surface area contributed by atoms with Gasteiger partial charge in [-0.15, -0.1) is 0 Å². The molecule has 1 aromatic heterocycles. The molecule has 2 nitrogen and oxygen atoms in total. The van der Waals surface area contributed by atoms with E-state index in [-0.39, 0.29) is 0 Å². The van der Waals surface area contributed by atoms with Gasteiger partial charge in [0.15, 0.2) is 0 Å². The summed E-state index contributed by atoms with van der Waals surface area (Å²) in [5.74, 6) is 0.977. The highest BCUT2D eigenvalue weighted by Crippen LogP contribution is 2.15. The van der Waals surface area contributed by atoms with Crippen LogP contribution in [0.4, 0.5) is 0 Å². The van der Waals surface area contributed by atoms with E-state index in [0.717, 1.165) is 12.3 Å². The first-order valence-electron chi connectivity index (χ1n) is 5.15. The van der Waals surface area contributed by atoms with Crippen molar-refractivity contribution in [3.63, 3.8) is 0 Å².